The van der Waals surface area contributed by atoms with Crippen molar-refractivity contribution in [1.82, 2.24) is 0 Å². The minimum Gasteiger partial charge on any atom is -0.381 e. The van der Waals surface area contributed by atoms with Crippen LogP contribution in [-0.2, 0) is 12.7 Å². The van der Waals surface area contributed by atoms with E-state index in [2.05, 4.69) is 5.32 Å². The van der Waals surface area contributed by atoms with Crippen LogP contribution < -0.4 is 5.32 Å². The lowest BCUT2D eigenvalue weighted by atomic mass is 10.1. The average molecular weight is 316 g/mol. The van der Waals surface area contributed by atoms with Gasteiger partial charge in [-0.1, -0.05) is 0 Å². The molecular formula is C13H11F3N2O2S. The first-order chi connectivity index (χ1) is 9.79. The standard InChI is InChI=1S/C13H11F3N2O2S/c1-8-6-21-7-9(8)5-17-10-2-3-12(18(19)20)11(4-10)13(14,15)16/h2-4,6-7,17H,5H2,1H3. The molecule has 4 nitrogen and oxygen atoms in total. The highest BCUT2D eigenvalue weighted by atomic mass is 32.1. The zero-order chi connectivity index (χ0) is 15.6. The van der Waals surface area contributed by atoms with E-state index in [1.165, 1.54) is 17.4 Å². The van der Waals surface area contributed by atoms with Crippen LogP contribution in [0, 0.1) is 17.0 Å². The van der Waals surface area contributed by atoms with Crippen LogP contribution in [0.1, 0.15) is 16.7 Å². The molecule has 2 aromatic rings. The first kappa shape index (κ1) is 15.3. The molecule has 0 amide bonds. The maximum atomic E-state index is 12.8. The van der Waals surface area contributed by atoms with Crippen LogP contribution >= 0.6 is 11.3 Å². The van der Waals surface area contributed by atoms with Gasteiger partial charge in [0.2, 0.25) is 0 Å². The van der Waals surface area contributed by atoms with Gasteiger partial charge in [0, 0.05) is 18.3 Å². The van der Waals surface area contributed by atoms with E-state index in [-0.39, 0.29) is 5.69 Å². The fraction of sp³-hybridized carbons (Fsp3) is 0.231. The molecule has 0 aliphatic carbocycles. The molecule has 112 valence electrons. The van der Waals surface area contributed by atoms with Gasteiger partial charge in [-0.15, -0.1) is 0 Å². The Balaban J connectivity index is 2.26. The van der Waals surface area contributed by atoms with Gasteiger partial charge in [0.1, 0.15) is 5.56 Å². The summed E-state index contributed by atoms with van der Waals surface area (Å²) in [6, 6.07) is 2.90. The Hall–Kier alpha value is -2.09. The summed E-state index contributed by atoms with van der Waals surface area (Å²) in [5.41, 5.74) is 0.0233. The lowest BCUT2D eigenvalue weighted by Gasteiger charge is -2.11. The summed E-state index contributed by atoms with van der Waals surface area (Å²) in [6.45, 7) is 2.27. The third kappa shape index (κ3) is 3.52. The second kappa shape index (κ2) is 5.72. The third-order valence-electron chi connectivity index (χ3n) is 2.94. The Morgan fingerprint density at radius 2 is 2.05 bits per heavy atom. The number of nitrogens with zero attached hydrogens (tertiary/aromatic N) is 1. The van der Waals surface area contributed by atoms with E-state index in [1.54, 1.807) is 0 Å². The molecular weight excluding hydrogens is 305 g/mol. The first-order valence-electron chi connectivity index (χ1n) is 5.90. The number of benzene rings is 1. The fourth-order valence-corrected chi connectivity index (χ4v) is 2.65. The van der Waals surface area contributed by atoms with Crippen molar-refractivity contribution >= 4 is 22.7 Å². The van der Waals surface area contributed by atoms with E-state index < -0.39 is 22.4 Å². The molecule has 1 aromatic heterocycles. The van der Waals surface area contributed by atoms with Crippen molar-refractivity contribution in [2.75, 3.05) is 5.32 Å². The van der Waals surface area contributed by atoms with E-state index in [4.69, 9.17) is 0 Å². The fourth-order valence-electron chi connectivity index (χ4n) is 1.80. The molecule has 0 saturated heterocycles. The normalized spacial score (nSPS) is 11.4. The smallest absolute Gasteiger partial charge is 0.381 e. The number of hydrogen-bond acceptors (Lipinski definition) is 4. The average Bonchev–Trinajstić information content (AvgIpc) is 2.80. The minimum atomic E-state index is -4.77. The van der Waals surface area contributed by atoms with Crippen molar-refractivity contribution < 1.29 is 18.1 Å². The number of thiophene rings is 1. The van der Waals surface area contributed by atoms with E-state index in [9.17, 15) is 23.3 Å². The van der Waals surface area contributed by atoms with Gasteiger partial charge in [-0.25, -0.2) is 0 Å². The second-order valence-electron chi connectivity index (χ2n) is 4.42. The zero-order valence-electron chi connectivity index (χ0n) is 10.9. The van der Waals surface area contributed by atoms with Gasteiger partial charge < -0.3 is 5.32 Å². The predicted octanol–water partition coefficient (Wildman–Crippen LogP) is 4.60. The molecule has 1 heterocycles. The predicted molar refractivity (Wildman–Crippen MR) is 74.5 cm³/mol. The molecule has 1 aromatic carbocycles. The van der Waals surface area contributed by atoms with E-state index >= 15 is 0 Å². The number of nitro benzene ring substituents is 1. The lowest BCUT2D eigenvalue weighted by Crippen LogP contribution is -2.10. The molecule has 0 radical (unpaired) electrons. The monoisotopic (exact) mass is 316 g/mol. The molecule has 0 spiro atoms. The molecule has 21 heavy (non-hydrogen) atoms. The summed E-state index contributed by atoms with van der Waals surface area (Å²) in [6.07, 6.45) is -4.77. The van der Waals surface area contributed by atoms with Gasteiger partial charge in [-0.3, -0.25) is 10.1 Å². The van der Waals surface area contributed by atoms with Crippen LogP contribution in [0.15, 0.2) is 29.0 Å². The van der Waals surface area contributed by atoms with Crippen molar-refractivity contribution in [3.05, 3.63) is 55.8 Å². The summed E-state index contributed by atoms with van der Waals surface area (Å²) >= 11 is 1.51. The molecule has 1 N–H and O–H groups in total. The van der Waals surface area contributed by atoms with Crippen LogP contribution in [0.5, 0.6) is 0 Å². The van der Waals surface area contributed by atoms with Crippen molar-refractivity contribution in [3.8, 4) is 0 Å². The Bertz CT molecular complexity index is 668. The van der Waals surface area contributed by atoms with E-state index in [0.717, 1.165) is 23.3 Å². The summed E-state index contributed by atoms with van der Waals surface area (Å²) in [5, 5.41) is 17.3. The van der Waals surface area contributed by atoms with Crippen molar-refractivity contribution in [1.29, 1.82) is 0 Å². The molecule has 0 aliphatic rings. The Labute approximate surface area is 122 Å². The first-order valence-corrected chi connectivity index (χ1v) is 6.84. The van der Waals surface area contributed by atoms with E-state index in [0.29, 0.717) is 6.54 Å². The van der Waals surface area contributed by atoms with Gasteiger partial charge in [0.25, 0.3) is 5.69 Å². The molecule has 0 saturated carbocycles. The van der Waals surface area contributed by atoms with Crippen LogP contribution in [-0.4, -0.2) is 4.92 Å². The number of nitro groups is 1. The minimum absolute atomic E-state index is 0.193. The molecule has 0 atom stereocenters. The summed E-state index contributed by atoms with van der Waals surface area (Å²) in [7, 11) is 0. The maximum absolute atomic E-state index is 12.8. The Morgan fingerprint density at radius 3 is 2.57 bits per heavy atom. The van der Waals surface area contributed by atoms with Crippen molar-refractivity contribution in [2.24, 2.45) is 0 Å². The topological polar surface area (TPSA) is 55.2 Å². The van der Waals surface area contributed by atoms with E-state index in [1.807, 2.05) is 17.7 Å². The number of nitrogens with one attached hydrogen (secondary N) is 1. The summed E-state index contributed by atoms with van der Waals surface area (Å²) < 4.78 is 38.5. The van der Waals surface area contributed by atoms with Crippen LogP contribution in [0.2, 0.25) is 0 Å². The van der Waals surface area contributed by atoms with Gasteiger partial charge in [0.15, 0.2) is 0 Å². The number of rotatable bonds is 4. The van der Waals surface area contributed by atoms with Gasteiger partial charge in [0.05, 0.1) is 4.92 Å². The molecule has 2 rings (SSSR count). The SMILES string of the molecule is Cc1cscc1CNc1ccc([N+](=O)[O-])c(C(F)(F)F)c1. The molecule has 8 heteroatoms. The van der Waals surface area contributed by atoms with Crippen molar-refractivity contribution in [3.63, 3.8) is 0 Å². The summed E-state index contributed by atoms with van der Waals surface area (Å²) in [5.74, 6) is 0. The number of alkyl halides is 3. The number of anilines is 1. The Morgan fingerprint density at radius 1 is 1.33 bits per heavy atom. The van der Waals surface area contributed by atoms with Crippen LogP contribution in [0.25, 0.3) is 0 Å². The zero-order valence-corrected chi connectivity index (χ0v) is 11.7. The van der Waals surface area contributed by atoms with Crippen molar-refractivity contribution in [2.45, 2.75) is 19.6 Å². The van der Waals surface area contributed by atoms with Gasteiger partial charge in [-0.05, 0) is 40.9 Å². The summed E-state index contributed by atoms with van der Waals surface area (Å²) in [4.78, 5) is 9.62. The maximum Gasteiger partial charge on any atom is 0.423 e. The Kier molecular flexibility index (Phi) is 4.17. The molecule has 0 unspecified atom stereocenters. The highest BCUT2D eigenvalue weighted by Crippen LogP contribution is 2.37. The number of hydrogen-bond donors (Lipinski definition) is 1. The van der Waals surface area contributed by atoms with Gasteiger partial charge in [-0.2, -0.15) is 24.5 Å². The lowest BCUT2D eigenvalue weighted by molar-refractivity contribution is -0.388. The molecule has 0 aliphatic heterocycles. The number of aryl methyl sites for hydroxylation is 1. The highest BCUT2D eigenvalue weighted by molar-refractivity contribution is 7.08. The third-order valence-corrected chi connectivity index (χ3v) is 3.85. The van der Waals surface area contributed by atoms with Crippen LogP contribution in [0.3, 0.4) is 0 Å². The molecule has 0 bridgehead atoms. The second-order valence-corrected chi connectivity index (χ2v) is 5.16. The number of halogens is 3. The largest absolute Gasteiger partial charge is 0.423 e. The van der Waals surface area contributed by atoms with Gasteiger partial charge >= 0.3 is 6.18 Å². The molecule has 0 fully saturated rings. The van der Waals surface area contributed by atoms with Crippen LogP contribution in [0.4, 0.5) is 24.5 Å². The quantitative estimate of drug-likeness (QED) is 0.662. The highest BCUT2D eigenvalue weighted by Gasteiger charge is 2.38.